The third-order valence-electron chi connectivity index (χ3n) is 5.06. The summed E-state index contributed by atoms with van der Waals surface area (Å²) in [7, 11) is 1.64. The van der Waals surface area contributed by atoms with E-state index in [0.717, 1.165) is 17.7 Å². The van der Waals surface area contributed by atoms with E-state index in [0.29, 0.717) is 17.8 Å². The SMILES string of the molecule is COc1ccc(C(O[C@@H]2C[C@H](C)CC[C@H]2C(C)C)C(C)=O)cc1. The third-order valence-corrected chi connectivity index (χ3v) is 5.06. The molecular formula is C20H30O3. The first-order valence-corrected chi connectivity index (χ1v) is 8.72. The van der Waals surface area contributed by atoms with Crippen molar-refractivity contribution in [3.8, 4) is 5.75 Å². The standard InChI is InChI=1S/C20H30O3/c1-13(2)18-11-6-14(3)12-19(18)23-20(15(4)21)16-7-9-17(22-5)10-8-16/h7-10,13-14,18-20H,6,11-12H2,1-5H3/t14-,18+,19-,20?/m1/s1. The second-order valence-corrected chi connectivity index (χ2v) is 7.26. The van der Waals surface area contributed by atoms with Crippen LogP contribution in [0.25, 0.3) is 0 Å². The Kier molecular flexibility index (Phi) is 6.23. The fraction of sp³-hybridized carbons (Fsp3) is 0.650. The van der Waals surface area contributed by atoms with Gasteiger partial charge in [0.15, 0.2) is 5.78 Å². The maximum atomic E-state index is 12.2. The second-order valence-electron chi connectivity index (χ2n) is 7.26. The number of hydrogen-bond donors (Lipinski definition) is 0. The monoisotopic (exact) mass is 318 g/mol. The van der Waals surface area contributed by atoms with Gasteiger partial charge in [-0.2, -0.15) is 0 Å². The van der Waals surface area contributed by atoms with Crippen LogP contribution in [0.1, 0.15) is 58.6 Å². The molecule has 0 aliphatic heterocycles. The second kappa shape index (κ2) is 7.96. The first-order valence-electron chi connectivity index (χ1n) is 8.72. The number of rotatable bonds is 6. The maximum Gasteiger partial charge on any atom is 0.163 e. The third kappa shape index (κ3) is 4.57. The quantitative estimate of drug-likeness (QED) is 0.755. The first kappa shape index (κ1) is 18.0. The summed E-state index contributed by atoms with van der Waals surface area (Å²) in [6, 6.07) is 7.64. The number of ketones is 1. The first-order chi connectivity index (χ1) is 10.9. The minimum atomic E-state index is -0.475. The number of hydrogen-bond acceptors (Lipinski definition) is 3. The Morgan fingerprint density at radius 3 is 2.35 bits per heavy atom. The van der Waals surface area contributed by atoms with Crippen LogP contribution in [-0.2, 0) is 9.53 Å². The van der Waals surface area contributed by atoms with Gasteiger partial charge in [-0.05, 0) is 55.2 Å². The van der Waals surface area contributed by atoms with Gasteiger partial charge in [0.05, 0.1) is 13.2 Å². The lowest BCUT2D eigenvalue weighted by Gasteiger charge is -2.38. The molecular weight excluding hydrogens is 288 g/mol. The van der Waals surface area contributed by atoms with Gasteiger partial charge in [0.25, 0.3) is 0 Å². The molecule has 0 amide bonds. The molecule has 1 unspecified atom stereocenters. The fourth-order valence-electron chi connectivity index (χ4n) is 3.63. The zero-order chi connectivity index (χ0) is 17.0. The lowest BCUT2D eigenvalue weighted by atomic mass is 9.75. The molecule has 128 valence electrons. The average Bonchev–Trinajstić information content (AvgIpc) is 2.52. The molecule has 1 aliphatic rings. The van der Waals surface area contributed by atoms with Gasteiger partial charge >= 0.3 is 0 Å². The van der Waals surface area contributed by atoms with Crippen molar-refractivity contribution in [2.24, 2.45) is 17.8 Å². The Hall–Kier alpha value is -1.35. The van der Waals surface area contributed by atoms with Crippen LogP contribution in [0.15, 0.2) is 24.3 Å². The van der Waals surface area contributed by atoms with E-state index in [9.17, 15) is 4.79 Å². The van der Waals surface area contributed by atoms with E-state index in [1.807, 2.05) is 24.3 Å². The highest BCUT2D eigenvalue weighted by Crippen LogP contribution is 2.38. The molecule has 23 heavy (non-hydrogen) atoms. The molecule has 0 N–H and O–H groups in total. The lowest BCUT2D eigenvalue weighted by molar-refractivity contribution is -0.140. The van der Waals surface area contributed by atoms with Crippen LogP contribution in [0, 0.1) is 17.8 Å². The molecule has 1 aromatic carbocycles. The van der Waals surface area contributed by atoms with Crippen LogP contribution in [-0.4, -0.2) is 19.0 Å². The predicted molar refractivity (Wildman–Crippen MR) is 92.6 cm³/mol. The molecule has 3 heteroatoms. The Morgan fingerprint density at radius 1 is 1.17 bits per heavy atom. The molecule has 4 atom stereocenters. The molecule has 1 aromatic rings. The van der Waals surface area contributed by atoms with E-state index >= 15 is 0 Å². The van der Waals surface area contributed by atoms with Crippen molar-refractivity contribution in [2.75, 3.05) is 7.11 Å². The highest BCUT2D eigenvalue weighted by atomic mass is 16.5. The van der Waals surface area contributed by atoms with Gasteiger partial charge in [0.1, 0.15) is 11.9 Å². The minimum absolute atomic E-state index is 0.0656. The summed E-state index contributed by atoms with van der Waals surface area (Å²) in [5.74, 6) is 2.64. The van der Waals surface area contributed by atoms with Crippen molar-refractivity contribution in [3.05, 3.63) is 29.8 Å². The molecule has 0 radical (unpaired) electrons. The van der Waals surface area contributed by atoms with Crippen LogP contribution in [0.2, 0.25) is 0 Å². The largest absolute Gasteiger partial charge is 0.497 e. The smallest absolute Gasteiger partial charge is 0.163 e. The molecule has 0 saturated heterocycles. The molecule has 3 nitrogen and oxygen atoms in total. The Morgan fingerprint density at radius 2 is 1.83 bits per heavy atom. The summed E-state index contributed by atoms with van der Waals surface area (Å²) >= 11 is 0. The summed E-state index contributed by atoms with van der Waals surface area (Å²) < 4.78 is 11.6. The lowest BCUT2D eigenvalue weighted by Crippen LogP contribution is -2.36. The molecule has 0 spiro atoms. The Labute approximate surface area is 140 Å². The number of carbonyl (C=O) groups is 1. The van der Waals surface area contributed by atoms with E-state index in [4.69, 9.17) is 9.47 Å². The molecule has 1 saturated carbocycles. The summed E-state index contributed by atoms with van der Waals surface area (Å²) in [5, 5.41) is 0. The van der Waals surface area contributed by atoms with Crippen molar-refractivity contribution in [1.29, 1.82) is 0 Å². The van der Waals surface area contributed by atoms with E-state index in [2.05, 4.69) is 20.8 Å². The zero-order valence-electron chi connectivity index (χ0n) is 15.0. The molecule has 1 fully saturated rings. The van der Waals surface area contributed by atoms with E-state index < -0.39 is 6.10 Å². The Balaban J connectivity index is 2.18. The summed E-state index contributed by atoms with van der Waals surface area (Å²) in [6.45, 7) is 8.41. The van der Waals surface area contributed by atoms with Crippen molar-refractivity contribution >= 4 is 5.78 Å². The predicted octanol–water partition coefficient (Wildman–Crippen LogP) is 4.80. The average molecular weight is 318 g/mol. The molecule has 0 aromatic heterocycles. The number of ether oxygens (including phenoxy) is 2. The molecule has 1 aliphatic carbocycles. The Bertz CT molecular complexity index is 506. The molecule has 2 rings (SSSR count). The van der Waals surface area contributed by atoms with Gasteiger partial charge in [0.2, 0.25) is 0 Å². The van der Waals surface area contributed by atoms with Gasteiger partial charge in [-0.1, -0.05) is 39.3 Å². The van der Waals surface area contributed by atoms with Gasteiger partial charge in [-0.25, -0.2) is 0 Å². The topological polar surface area (TPSA) is 35.5 Å². The maximum absolute atomic E-state index is 12.2. The van der Waals surface area contributed by atoms with Gasteiger partial charge in [-0.3, -0.25) is 4.79 Å². The van der Waals surface area contributed by atoms with E-state index in [-0.39, 0.29) is 11.9 Å². The van der Waals surface area contributed by atoms with Gasteiger partial charge in [-0.15, -0.1) is 0 Å². The molecule has 0 bridgehead atoms. The van der Waals surface area contributed by atoms with Crippen molar-refractivity contribution in [3.63, 3.8) is 0 Å². The van der Waals surface area contributed by atoms with Gasteiger partial charge in [0, 0.05) is 0 Å². The van der Waals surface area contributed by atoms with E-state index in [1.54, 1.807) is 14.0 Å². The van der Waals surface area contributed by atoms with E-state index in [1.165, 1.54) is 12.8 Å². The van der Waals surface area contributed by atoms with Crippen LogP contribution in [0.3, 0.4) is 0 Å². The highest BCUT2D eigenvalue weighted by Gasteiger charge is 2.34. The van der Waals surface area contributed by atoms with Crippen LogP contribution < -0.4 is 4.74 Å². The van der Waals surface area contributed by atoms with Gasteiger partial charge < -0.3 is 9.47 Å². The zero-order valence-corrected chi connectivity index (χ0v) is 15.0. The summed E-state index contributed by atoms with van der Waals surface area (Å²) in [5.41, 5.74) is 0.916. The van der Waals surface area contributed by atoms with Crippen molar-refractivity contribution < 1.29 is 14.3 Å². The number of methoxy groups -OCH3 is 1. The fourth-order valence-corrected chi connectivity index (χ4v) is 3.63. The highest BCUT2D eigenvalue weighted by molar-refractivity contribution is 5.82. The van der Waals surface area contributed by atoms with Crippen LogP contribution in [0.4, 0.5) is 0 Å². The number of Topliss-reactive ketones (excluding diaryl/α,β-unsaturated/α-hetero) is 1. The number of benzene rings is 1. The summed E-state index contributed by atoms with van der Waals surface area (Å²) in [6.07, 6.45) is 3.18. The summed E-state index contributed by atoms with van der Waals surface area (Å²) in [4.78, 5) is 12.2. The van der Waals surface area contributed by atoms with Crippen molar-refractivity contribution in [1.82, 2.24) is 0 Å². The van der Waals surface area contributed by atoms with Crippen LogP contribution in [0.5, 0.6) is 5.75 Å². The van der Waals surface area contributed by atoms with Crippen molar-refractivity contribution in [2.45, 2.75) is 59.2 Å². The molecule has 0 heterocycles. The van der Waals surface area contributed by atoms with Crippen LogP contribution >= 0.6 is 0 Å². The number of carbonyl (C=O) groups excluding carboxylic acids is 1. The minimum Gasteiger partial charge on any atom is -0.497 e. The normalized spacial score (nSPS) is 26.1.